The summed E-state index contributed by atoms with van der Waals surface area (Å²) in [6, 6.07) is 31.2. The molecule has 0 aliphatic heterocycles. The number of fused-ring (bicyclic) bond motifs is 2. The van der Waals surface area contributed by atoms with E-state index in [-0.39, 0.29) is 5.54 Å². The number of rotatable bonds is 4. The first kappa shape index (κ1) is 23.7. The van der Waals surface area contributed by atoms with Crippen molar-refractivity contribution in [2.75, 3.05) is 4.90 Å². The van der Waals surface area contributed by atoms with E-state index in [0.717, 1.165) is 12.3 Å². The molecule has 5 rings (SSSR count). The van der Waals surface area contributed by atoms with E-state index in [2.05, 4.69) is 137 Å². The molecule has 1 aliphatic rings. The van der Waals surface area contributed by atoms with E-state index >= 15 is 0 Å². The van der Waals surface area contributed by atoms with Crippen molar-refractivity contribution in [3.63, 3.8) is 0 Å². The van der Waals surface area contributed by atoms with Crippen LogP contribution >= 0.6 is 0 Å². The Morgan fingerprint density at radius 1 is 0.657 bits per heavy atom. The molecule has 1 heteroatoms. The van der Waals surface area contributed by atoms with Gasteiger partial charge in [0, 0.05) is 11.4 Å². The van der Waals surface area contributed by atoms with Gasteiger partial charge in [-0.05, 0) is 95.3 Å². The molecule has 2 atom stereocenters. The van der Waals surface area contributed by atoms with Crippen LogP contribution in [0.25, 0.3) is 21.5 Å². The second kappa shape index (κ2) is 8.86. The van der Waals surface area contributed by atoms with E-state index in [1.54, 1.807) is 5.57 Å². The van der Waals surface area contributed by atoms with Gasteiger partial charge in [0.25, 0.3) is 0 Å². The van der Waals surface area contributed by atoms with Crippen LogP contribution < -0.4 is 4.90 Å². The number of benzene rings is 4. The summed E-state index contributed by atoms with van der Waals surface area (Å²) in [7, 11) is 0. The van der Waals surface area contributed by atoms with Crippen LogP contribution in [0.1, 0.15) is 54.4 Å². The van der Waals surface area contributed by atoms with Crippen molar-refractivity contribution in [1.29, 1.82) is 0 Å². The molecule has 0 spiro atoms. The first-order valence-electron chi connectivity index (χ1n) is 13.1. The Kier molecular flexibility index (Phi) is 5.99. The lowest BCUT2D eigenvalue weighted by atomic mass is 9.66. The number of allylic oxidation sites excluding steroid dienone is 1. The van der Waals surface area contributed by atoms with Gasteiger partial charge in [-0.1, -0.05) is 94.4 Å². The Bertz CT molecular complexity index is 1310. The summed E-state index contributed by atoms with van der Waals surface area (Å²) in [5.41, 5.74) is 4.22. The molecular weight excluding hydrogens is 422 g/mol. The third-order valence-electron chi connectivity index (χ3n) is 8.26. The summed E-state index contributed by atoms with van der Waals surface area (Å²) in [6.45, 7) is 14.4. The molecular formula is C34H39N. The van der Waals surface area contributed by atoms with Crippen LogP contribution in [0.4, 0.5) is 11.4 Å². The molecule has 0 N–H and O–H groups in total. The van der Waals surface area contributed by atoms with Gasteiger partial charge >= 0.3 is 0 Å². The van der Waals surface area contributed by atoms with Crippen molar-refractivity contribution in [2.45, 2.75) is 59.9 Å². The van der Waals surface area contributed by atoms with Crippen molar-refractivity contribution >= 4 is 32.9 Å². The number of anilines is 2. The summed E-state index contributed by atoms with van der Waals surface area (Å²) >= 11 is 0. The highest BCUT2D eigenvalue weighted by molar-refractivity contribution is 5.90. The van der Waals surface area contributed by atoms with Crippen LogP contribution in [0.2, 0.25) is 0 Å². The highest BCUT2D eigenvalue weighted by atomic mass is 15.2. The fourth-order valence-corrected chi connectivity index (χ4v) is 6.39. The Morgan fingerprint density at radius 2 is 1.14 bits per heavy atom. The maximum atomic E-state index is 2.59. The number of hydrogen-bond acceptors (Lipinski definition) is 1. The summed E-state index contributed by atoms with van der Waals surface area (Å²) in [6.07, 6.45) is 4.99. The summed E-state index contributed by atoms with van der Waals surface area (Å²) in [5.74, 6) is 1.30. The van der Waals surface area contributed by atoms with Crippen molar-refractivity contribution in [1.82, 2.24) is 0 Å². The lowest BCUT2D eigenvalue weighted by molar-refractivity contribution is 0.169. The van der Waals surface area contributed by atoms with Crippen molar-refractivity contribution < 1.29 is 0 Å². The second-order valence-corrected chi connectivity index (χ2v) is 12.0. The van der Waals surface area contributed by atoms with Gasteiger partial charge in [-0.2, -0.15) is 0 Å². The highest BCUT2D eigenvalue weighted by Gasteiger charge is 2.38. The van der Waals surface area contributed by atoms with Crippen LogP contribution in [0, 0.1) is 17.3 Å². The van der Waals surface area contributed by atoms with Gasteiger partial charge in [-0.3, -0.25) is 0 Å². The average molecular weight is 462 g/mol. The van der Waals surface area contributed by atoms with Crippen molar-refractivity contribution in [2.24, 2.45) is 17.3 Å². The third-order valence-corrected chi connectivity index (χ3v) is 8.26. The van der Waals surface area contributed by atoms with Gasteiger partial charge < -0.3 is 4.90 Å². The molecule has 2 unspecified atom stereocenters. The Hall–Kier alpha value is -3.06. The Balaban J connectivity index is 1.65. The van der Waals surface area contributed by atoms with Gasteiger partial charge in [-0.15, -0.1) is 0 Å². The normalized spacial score (nSPS) is 19.1. The number of nitrogens with zero attached hydrogens (tertiary/aromatic N) is 1. The largest absolute Gasteiger partial charge is 0.332 e. The lowest BCUT2D eigenvalue weighted by Crippen LogP contribution is -2.44. The fraction of sp³-hybridized carbons (Fsp3) is 0.353. The summed E-state index contributed by atoms with van der Waals surface area (Å²) in [4.78, 5) is 2.57. The Morgan fingerprint density at radius 3 is 1.60 bits per heavy atom. The van der Waals surface area contributed by atoms with Crippen LogP contribution in [-0.2, 0) is 0 Å². The monoisotopic (exact) mass is 461 g/mol. The predicted octanol–water partition coefficient (Wildman–Crippen LogP) is 9.93. The first-order valence-corrected chi connectivity index (χ1v) is 13.1. The van der Waals surface area contributed by atoms with E-state index in [4.69, 9.17) is 0 Å². The SMILES string of the molecule is CC1C=C(C(C)(C)N(c2ccc3ccccc3c2)c2ccc3ccccc3c2)CCC1C(C)(C)C. The molecule has 0 aromatic heterocycles. The van der Waals surface area contributed by atoms with Crippen molar-refractivity contribution in [3.8, 4) is 0 Å². The topological polar surface area (TPSA) is 3.24 Å². The van der Waals surface area contributed by atoms with Crippen LogP contribution in [0.15, 0.2) is 96.6 Å². The smallest absolute Gasteiger partial charge is 0.0606 e. The van der Waals surface area contributed by atoms with Gasteiger partial charge in [0.15, 0.2) is 0 Å². The molecule has 35 heavy (non-hydrogen) atoms. The quantitative estimate of drug-likeness (QED) is 0.273. The minimum absolute atomic E-state index is 0.151. The summed E-state index contributed by atoms with van der Waals surface area (Å²) < 4.78 is 0. The van der Waals surface area contributed by atoms with Gasteiger partial charge in [0.1, 0.15) is 0 Å². The molecule has 4 aromatic carbocycles. The zero-order chi connectivity index (χ0) is 24.8. The maximum Gasteiger partial charge on any atom is 0.0606 e. The van der Waals surface area contributed by atoms with Gasteiger partial charge in [0.2, 0.25) is 0 Å². The van der Waals surface area contributed by atoms with Crippen LogP contribution in [0.5, 0.6) is 0 Å². The minimum atomic E-state index is -0.151. The van der Waals surface area contributed by atoms with E-state index in [0.29, 0.717) is 11.3 Å². The van der Waals surface area contributed by atoms with E-state index in [1.807, 2.05) is 0 Å². The molecule has 0 bridgehead atoms. The highest BCUT2D eigenvalue weighted by Crippen LogP contribution is 2.46. The molecule has 0 saturated heterocycles. The molecule has 0 heterocycles. The molecule has 0 fully saturated rings. The van der Waals surface area contributed by atoms with Crippen molar-refractivity contribution in [3.05, 3.63) is 96.6 Å². The number of hydrogen-bond donors (Lipinski definition) is 0. The molecule has 0 radical (unpaired) electrons. The molecule has 1 nitrogen and oxygen atoms in total. The predicted molar refractivity (Wildman–Crippen MR) is 154 cm³/mol. The van der Waals surface area contributed by atoms with E-state index in [1.165, 1.54) is 39.3 Å². The minimum Gasteiger partial charge on any atom is -0.332 e. The molecule has 180 valence electrons. The van der Waals surface area contributed by atoms with Crippen LogP contribution in [-0.4, -0.2) is 5.54 Å². The lowest BCUT2D eigenvalue weighted by Gasteiger charge is -2.46. The van der Waals surface area contributed by atoms with Crippen LogP contribution in [0.3, 0.4) is 0 Å². The van der Waals surface area contributed by atoms with E-state index < -0.39 is 0 Å². The zero-order valence-corrected chi connectivity index (χ0v) is 22.2. The average Bonchev–Trinajstić information content (AvgIpc) is 2.83. The van der Waals surface area contributed by atoms with Gasteiger partial charge in [-0.25, -0.2) is 0 Å². The van der Waals surface area contributed by atoms with E-state index in [9.17, 15) is 0 Å². The molecule has 4 aromatic rings. The molecule has 0 amide bonds. The maximum absolute atomic E-state index is 2.59. The third kappa shape index (κ3) is 4.49. The van der Waals surface area contributed by atoms with Gasteiger partial charge in [0.05, 0.1) is 5.54 Å². The molecule has 0 saturated carbocycles. The Labute approximate surface area is 211 Å². The zero-order valence-electron chi connectivity index (χ0n) is 22.2. The second-order valence-electron chi connectivity index (χ2n) is 12.0. The molecule has 1 aliphatic carbocycles. The fourth-order valence-electron chi connectivity index (χ4n) is 6.39. The summed E-state index contributed by atoms with van der Waals surface area (Å²) in [5, 5.41) is 5.13. The first-order chi connectivity index (χ1) is 16.6. The standard InChI is InChI=1S/C34H39N/c1-24-21-29(17-20-32(24)33(2,3)4)34(5,6)35(30-18-15-25-11-7-9-13-27(25)22-30)31-19-16-26-12-8-10-14-28(26)23-31/h7-16,18-19,21-24,32H,17,20H2,1-6H3.